The lowest BCUT2D eigenvalue weighted by Gasteiger charge is -2.30. The molecule has 0 unspecified atom stereocenters. The van der Waals surface area contributed by atoms with Gasteiger partial charge in [-0.25, -0.2) is 9.78 Å². The number of aromatic nitrogens is 1. The third kappa shape index (κ3) is 3.57. The van der Waals surface area contributed by atoms with E-state index in [0.717, 1.165) is 24.9 Å². The van der Waals surface area contributed by atoms with Gasteiger partial charge in [0.25, 0.3) is 0 Å². The molecule has 1 fully saturated rings. The average Bonchev–Trinajstić information content (AvgIpc) is 2.93. The zero-order valence-corrected chi connectivity index (χ0v) is 14.7. The molecule has 1 aliphatic heterocycles. The monoisotopic (exact) mass is 347 g/mol. The van der Waals surface area contributed by atoms with Crippen LogP contribution in [0.4, 0.5) is 5.69 Å². The second-order valence-electron chi connectivity index (χ2n) is 6.18. The lowest BCUT2D eigenvalue weighted by molar-refractivity contribution is -0.117. The topological polar surface area (TPSA) is 71.5 Å². The summed E-state index contributed by atoms with van der Waals surface area (Å²) in [4.78, 5) is 32.0. The zero-order valence-electron chi connectivity index (χ0n) is 13.9. The molecular formula is C17H21N3O3S. The van der Waals surface area contributed by atoms with Crippen LogP contribution >= 0.6 is 11.3 Å². The number of piperidine rings is 1. The van der Waals surface area contributed by atoms with Crippen molar-refractivity contribution in [3.8, 4) is 0 Å². The minimum absolute atomic E-state index is 0.113. The van der Waals surface area contributed by atoms with Gasteiger partial charge in [0.1, 0.15) is 9.71 Å². The van der Waals surface area contributed by atoms with Crippen LogP contribution in [0, 0.1) is 5.92 Å². The Morgan fingerprint density at radius 1 is 1.50 bits per heavy atom. The number of pyridine rings is 1. The van der Waals surface area contributed by atoms with Crippen LogP contribution in [0.3, 0.4) is 0 Å². The molecule has 128 valence electrons. The van der Waals surface area contributed by atoms with Crippen molar-refractivity contribution in [3.05, 3.63) is 23.2 Å². The summed E-state index contributed by atoms with van der Waals surface area (Å²) in [7, 11) is 1.33. The molecule has 3 rings (SSSR count). The highest BCUT2D eigenvalue weighted by Gasteiger charge is 2.23. The number of likely N-dealkylation sites (tertiary alicyclic amines) is 1. The number of rotatable bonds is 4. The molecule has 7 heteroatoms. The third-order valence-electron chi connectivity index (χ3n) is 4.21. The van der Waals surface area contributed by atoms with E-state index in [1.165, 1.54) is 24.9 Å². The molecule has 1 atom stereocenters. The maximum atomic E-state index is 12.5. The van der Waals surface area contributed by atoms with Crippen LogP contribution in [0.1, 0.15) is 29.4 Å². The number of nitrogens with zero attached hydrogens (tertiary/aromatic N) is 2. The van der Waals surface area contributed by atoms with Crippen molar-refractivity contribution in [3.63, 3.8) is 0 Å². The van der Waals surface area contributed by atoms with Crippen LogP contribution in [0.15, 0.2) is 18.3 Å². The van der Waals surface area contributed by atoms with Crippen LogP contribution in [-0.4, -0.2) is 48.5 Å². The van der Waals surface area contributed by atoms with Gasteiger partial charge < -0.3 is 10.1 Å². The highest BCUT2D eigenvalue weighted by Crippen LogP contribution is 2.35. The van der Waals surface area contributed by atoms with Gasteiger partial charge in [-0.3, -0.25) is 9.69 Å². The Balaban J connectivity index is 1.80. The number of hydrogen-bond donors (Lipinski definition) is 1. The maximum absolute atomic E-state index is 12.5. The fraction of sp³-hybridized carbons (Fsp3) is 0.471. The second-order valence-corrected chi connectivity index (χ2v) is 7.18. The number of carbonyl (C=O) groups is 2. The first-order valence-electron chi connectivity index (χ1n) is 8.06. The predicted octanol–water partition coefficient (Wildman–Crippen LogP) is 2.75. The summed E-state index contributed by atoms with van der Waals surface area (Å²) in [5.41, 5.74) is 0.505. The molecule has 0 radical (unpaired) electrons. The Hall–Kier alpha value is -1.99. The Morgan fingerprint density at radius 3 is 3.08 bits per heavy atom. The smallest absolute Gasteiger partial charge is 0.350 e. The number of fused-ring (bicyclic) bond motifs is 1. The summed E-state index contributed by atoms with van der Waals surface area (Å²) in [6.45, 7) is 4.41. The molecule has 3 heterocycles. The zero-order chi connectivity index (χ0) is 17.1. The molecule has 0 aromatic carbocycles. The van der Waals surface area contributed by atoms with E-state index in [2.05, 4.69) is 22.1 Å². The van der Waals surface area contributed by atoms with Crippen molar-refractivity contribution < 1.29 is 14.3 Å². The molecule has 0 spiro atoms. The third-order valence-corrected chi connectivity index (χ3v) is 5.30. The van der Waals surface area contributed by atoms with Crippen molar-refractivity contribution in [1.29, 1.82) is 0 Å². The number of thiophene rings is 1. The number of ether oxygens (including phenoxy) is 1. The standard InChI is InChI=1S/C17H21N3O3S/c1-11-5-4-8-20(9-11)10-13(21)19-14-12-6-3-7-18-16(12)24-15(14)17(22)23-2/h3,6-7,11H,4-5,8-10H2,1-2H3,(H,19,21)/t11-/m1/s1. The maximum Gasteiger partial charge on any atom is 0.350 e. The summed E-state index contributed by atoms with van der Waals surface area (Å²) in [6, 6.07) is 3.64. The van der Waals surface area contributed by atoms with Crippen molar-refractivity contribution in [1.82, 2.24) is 9.88 Å². The normalized spacial score (nSPS) is 18.5. The molecule has 0 saturated carbocycles. The minimum Gasteiger partial charge on any atom is -0.465 e. The van der Waals surface area contributed by atoms with E-state index < -0.39 is 5.97 Å². The molecule has 1 amide bonds. The van der Waals surface area contributed by atoms with E-state index in [9.17, 15) is 9.59 Å². The van der Waals surface area contributed by atoms with E-state index in [-0.39, 0.29) is 5.91 Å². The van der Waals surface area contributed by atoms with Gasteiger partial charge in [-0.15, -0.1) is 11.3 Å². The number of anilines is 1. The Bertz CT molecular complexity index is 759. The summed E-state index contributed by atoms with van der Waals surface area (Å²) in [5, 5.41) is 3.67. The predicted molar refractivity (Wildman–Crippen MR) is 94.4 cm³/mol. The average molecular weight is 347 g/mol. The van der Waals surface area contributed by atoms with Crippen molar-refractivity contribution in [2.24, 2.45) is 5.92 Å². The van der Waals surface area contributed by atoms with Crippen LogP contribution in [-0.2, 0) is 9.53 Å². The Labute approximate surface area is 144 Å². The van der Waals surface area contributed by atoms with Gasteiger partial charge in [0.15, 0.2) is 0 Å². The largest absolute Gasteiger partial charge is 0.465 e. The number of methoxy groups -OCH3 is 1. The van der Waals surface area contributed by atoms with Gasteiger partial charge in [0.05, 0.1) is 19.3 Å². The summed E-state index contributed by atoms with van der Waals surface area (Å²) < 4.78 is 4.83. The van der Waals surface area contributed by atoms with E-state index in [1.54, 1.807) is 12.3 Å². The quantitative estimate of drug-likeness (QED) is 0.861. The van der Waals surface area contributed by atoms with Gasteiger partial charge >= 0.3 is 5.97 Å². The molecule has 0 aliphatic carbocycles. The summed E-state index contributed by atoms with van der Waals surface area (Å²) in [6.07, 6.45) is 4.00. The SMILES string of the molecule is COC(=O)c1sc2ncccc2c1NC(=O)CN1CCC[C@@H](C)C1. The molecule has 2 aromatic heterocycles. The summed E-state index contributed by atoms with van der Waals surface area (Å²) >= 11 is 1.23. The fourth-order valence-electron chi connectivity index (χ4n) is 3.11. The van der Waals surface area contributed by atoms with Crippen LogP contribution in [0.2, 0.25) is 0 Å². The van der Waals surface area contributed by atoms with Gasteiger partial charge in [-0.05, 0) is 37.4 Å². The Morgan fingerprint density at radius 2 is 2.33 bits per heavy atom. The molecule has 1 saturated heterocycles. The molecule has 1 aliphatic rings. The van der Waals surface area contributed by atoms with Gasteiger partial charge in [-0.1, -0.05) is 6.92 Å². The first kappa shape index (κ1) is 16.9. The highest BCUT2D eigenvalue weighted by molar-refractivity contribution is 7.21. The van der Waals surface area contributed by atoms with Gasteiger partial charge in [0, 0.05) is 18.1 Å². The number of esters is 1. The van der Waals surface area contributed by atoms with Crippen molar-refractivity contribution in [2.75, 3.05) is 32.1 Å². The lowest BCUT2D eigenvalue weighted by Crippen LogP contribution is -2.39. The number of carbonyl (C=O) groups excluding carboxylic acids is 2. The fourth-order valence-corrected chi connectivity index (χ4v) is 4.12. The first-order valence-corrected chi connectivity index (χ1v) is 8.88. The van der Waals surface area contributed by atoms with Crippen LogP contribution in [0.25, 0.3) is 10.2 Å². The molecule has 2 aromatic rings. The number of amides is 1. The van der Waals surface area contributed by atoms with Crippen LogP contribution < -0.4 is 5.32 Å². The minimum atomic E-state index is -0.458. The molecular weight excluding hydrogens is 326 g/mol. The van der Waals surface area contributed by atoms with Crippen molar-refractivity contribution in [2.45, 2.75) is 19.8 Å². The van der Waals surface area contributed by atoms with Crippen molar-refractivity contribution >= 4 is 39.1 Å². The van der Waals surface area contributed by atoms with Gasteiger partial charge in [0.2, 0.25) is 5.91 Å². The Kier molecular flexibility index (Phi) is 5.11. The summed E-state index contributed by atoms with van der Waals surface area (Å²) in [5.74, 6) is 0.0426. The second kappa shape index (κ2) is 7.27. The molecule has 6 nitrogen and oxygen atoms in total. The number of nitrogens with one attached hydrogen (secondary N) is 1. The molecule has 0 bridgehead atoms. The molecule has 1 N–H and O–H groups in total. The van der Waals surface area contributed by atoms with E-state index in [4.69, 9.17) is 4.74 Å². The van der Waals surface area contributed by atoms with Crippen LogP contribution in [0.5, 0.6) is 0 Å². The number of hydrogen-bond acceptors (Lipinski definition) is 6. The first-order chi connectivity index (χ1) is 11.6. The molecule has 24 heavy (non-hydrogen) atoms. The van der Waals surface area contributed by atoms with E-state index >= 15 is 0 Å². The van der Waals surface area contributed by atoms with E-state index in [1.807, 2.05) is 6.07 Å². The van der Waals surface area contributed by atoms with E-state index in [0.29, 0.717) is 27.9 Å². The highest BCUT2D eigenvalue weighted by atomic mass is 32.1. The lowest BCUT2D eigenvalue weighted by atomic mass is 10.0. The van der Waals surface area contributed by atoms with Gasteiger partial charge in [-0.2, -0.15) is 0 Å².